The van der Waals surface area contributed by atoms with Gasteiger partial charge in [-0.25, -0.2) is 4.79 Å². The Labute approximate surface area is 217 Å². The van der Waals surface area contributed by atoms with Gasteiger partial charge in [0.1, 0.15) is 30.3 Å². The first-order valence-electron chi connectivity index (χ1n) is 12.3. The summed E-state index contributed by atoms with van der Waals surface area (Å²) in [5.41, 5.74) is 0.0373. The normalized spacial score (nSPS) is 14.3. The number of nitrogens with one attached hydrogen (secondary N) is 3. The molecule has 37 heavy (non-hydrogen) atoms. The van der Waals surface area contributed by atoms with E-state index in [2.05, 4.69) is 16.0 Å². The van der Waals surface area contributed by atoms with Crippen molar-refractivity contribution in [1.29, 1.82) is 0 Å². The monoisotopic (exact) mass is 521 g/mol. The molecule has 4 unspecified atom stereocenters. The van der Waals surface area contributed by atoms with Gasteiger partial charge in [0, 0.05) is 6.42 Å². The van der Waals surface area contributed by atoms with Gasteiger partial charge in [0.2, 0.25) is 11.8 Å². The maximum Gasteiger partial charge on any atom is 0.408 e. The average molecular weight is 522 g/mol. The number of aliphatic carboxylic acids is 1. The van der Waals surface area contributed by atoms with E-state index in [9.17, 15) is 24.0 Å². The van der Waals surface area contributed by atoms with E-state index < -0.39 is 53.6 Å². The Hall–Kier alpha value is -3.63. The summed E-state index contributed by atoms with van der Waals surface area (Å²) < 4.78 is 10.5. The number of hydrogen-bond donors (Lipinski definition) is 4. The van der Waals surface area contributed by atoms with Crippen LogP contribution in [0.4, 0.5) is 4.79 Å². The van der Waals surface area contributed by atoms with Gasteiger partial charge in [-0.15, -0.1) is 0 Å². The molecule has 206 valence electrons. The number of carboxylic acids is 1. The van der Waals surface area contributed by atoms with Crippen molar-refractivity contribution in [3.8, 4) is 0 Å². The highest BCUT2D eigenvalue weighted by atomic mass is 16.6. The molecule has 0 spiro atoms. The van der Waals surface area contributed by atoms with Crippen LogP contribution in [-0.4, -0.2) is 58.7 Å². The van der Waals surface area contributed by atoms with Crippen LogP contribution in [0.1, 0.15) is 66.4 Å². The van der Waals surface area contributed by atoms with E-state index >= 15 is 0 Å². The molecule has 1 aromatic rings. The lowest BCUT2D eigenvalue weighted by atomic mass is 9.97. The predicted molar refractivity (Wildman–Crippen MR) is 135 cm³/mol. The van der Waals surface area contributed by atoms with Gasteiger partial charge in [-0.3, -0.25) is 19.2 Å². The summed E-state index contributed by atoms with van der Waals surface area (Å²) in [5.74, 6) is -3.60. The molecular weight excluding hydrogens is 482 g/mol. The van der Waals surface area contributed by atoms with E-state index in [0.29, 0.717) is 6.42 Å². The van der Waals surface area contributed by atoms with Gasteiger partial charge in [-0.2, -0.15) is 0 Å². The summed E-state index contributed by atoms with van der Waals surface area (Å²) in [5, 5.41) is 16.5. The molecule has 0 aliphatic carbocycles. The molecule has 3 amide bonds. The van der Waals surface area contributed by atoms with Gasteiger partial charge in [-0.05, 0) is 45.6 Å². The Morgan fingerprint density at radius 2 is 1.57 bits per heavy atom. The van der Waals surface area contributed by atoms with Crippen LogP contribution in [0, 0.1) is 5.92 Å². The fourth-order valence-corrected chi connectivity index (χ4v) is 3.15. The zero-order valence-corrected chi connectivity index (χ0v) is 22.3. The van der Waals surface area contributed by atoms with Crippen LogP contribution in [0.5, 0.6) is 0 Å². The maximum atomic E-state index is 13.2. The number of ether oxygens (including phenoxy) is 2. The van der Waals surface area contributed by atoms with Gasteiger partial charge in [0.05, 0.1) is 0 Å². The SMILES string of the molecule is CCC(C)C(NC(=O)OCc1ccccc1)C(=O)NC(CCC(=O)OC(C)(C)C)C(=O)NC(C)C(=O)O. The lowest BCUT2D eigenvalue weighted by Crippen LogP contribution is -2.57. The number of alkyl carbamates (subject to hydrolysis) is 1. The third-order valence-corrected chi connectivity index (χ3v) is 5.40. The van der Waals surface area contributed by atoms with Crippen LogP contribution in [0.2, 0.25) is 0 Å². The highest BCUT2D eigenvalue weighted by Gasteiger charge is 2.32. The van der Waals surface area contributed by atoms with Crippen LogP contribution in [0.15, 0.2) is 30.3 Å². The van der Waals surface area contributed by atoms with Crippen LogP contribution in [-0.2, 0) is 35.3 Å². The summed E-state index contributed by atoms with van der Waals surface area (Å²) in [6, 6.07) is 5.53. The largest absolute Gasteiger partial charge is 0.480 e. The van der Waals surface area contributed by atoms with Crippen molar-refractivity contribution in [2.45, 2.75) is 91.1 Å². The van der Waals surface area contributed by atoms with Crippen molar-refractivity contribution in [1.82, 2.24) is 16.0 Å². The van der Waals surface area contributed by atoms with E-state index in [1.54, 1.807) is 52.0 Å². The molecule has 0 bridgehead atoms. The van der Waals surface area contributed by atoms with Gasteiger partial charge < -0.3 is 30.5 Å². The molecule has 4 atom stereocenters. The lowest BCUT2D eigenvalue weighted by molar-refractivity contribution is -0.155. The number of esters is 1. The Bertz CT molecular complexity index is 929. The fraction of sp³-hybridized carbons (Fsp3) is 0.577. The van der Waals surface area contributed by atoms with Crippen molar-refractivity contribution >= 4 is 29.8 Å². The van der Waals surface area contributed by atoms with E-state index in [0.717, 1.165) is 5.56 Å². The molecular formula is C26H39N3O8. The summed E-state index contributed by atoms with van der Waals surface area (Å²) in [7, 11) is 0. The topological polar surface area (TPSA) is 160 Å². The number of benzene rings is 1. The first-order valence-corrected chi connectivity index (χ1v) is 12.3. The molecule has 0 fully saturated rings. The predicted octanol–water partition coefficient (Wildman–Crippen LogP) is 2.52. The summed E-state index contributed by atoms with van der Waals surface area (Å²) >= 11 is 0. The van der Waals surface area contributed by atoms with E-state index in [4.69, 9.17) is 14.6 Å². The molecule has 0 heterocycles. The van der Waals surface area contributed by atoms with Crippen molar-refractivity contribution in [2.75, 3.05) is 0 Å². The molecule has 1 aromatic carbocycles. The van der Waals surface area contributed by atoms with E-state index in [1.807, 2.05) is 13.0 Å². The molecule has 1 rings (SSSR count). The molecule has 4 N–H and O–H groups in total. The second-order valence-corrected chi connectivity index (χ2v) is 9.82. The molecule has 0 saturated heterocycles. The quantitative estimate of drug-likeness (QED) is 0.288. The van der Waals surface area contributed by atoms with Gasteiger partial charge in [0.25, 0.3) is 0 Å². The summed E-state index contributed by atoms with van der Waals surface area (Å²) in [6.07, 6.45) is -0.608. The second kappa shape index (κ2) is 14.8. The maximum absolute atomic E-state index is 13.2. The highest BCUT2D eigenvalue weighted by Crippen LogP contribution is 2.13. The van der Waals surface area contributed by atoms with Gasteiger partial charge in [-0.1, -0.05) is 50.6 Å². The Morgan fingerprint density at radius 1 is 0.946 bits per heavy atom. The second-order valence-electron chi connectivity index (χ2n) is 9.82. The number of carbonyl (C=O) groups excluding carboxylic acids is 4. The standard InChI is InChI=1S/C26H39N3O8/c1-7-16(2)21(29-25(35)36-15-18-11-9-8-10-12-18)23(32)28-19(22(31)27-17(3)24(33)34)13-14-20(30)37-26(4,5)6/h8-12,16-17,19,21H,7,13-15H2,1-6H3,(H,27,31)(H,28,32)(H,29,35)(H,33,34). The number of carboxylic acid groups (broad SMARTS) is 1. The fourth-order valence-electron chi connectivity index (χ4n) is 3.15. The van der Waals surface area contributed by atoms with Gasteiger partial charge in [0.15, 0.2) is 0 Å². The van der Waals surface area contributed by atoms with Gasteiger partial charge >= 0.3 is 18.0 Å². The zero-order chi connectivity index (χ0) is 28.2. The van der Waals surface area contributed by atoms with Crippen molar-refractivity contribution in [2.24, 2.45) is 5.92 Å². The minimum atomic E-state index is -1.26. The van der Waals surface area contributed by atoms with E-state index in [1.165, 1.54) is 6.92 Å². The summed E-state index contributed by atoms with van der Waals surface area (Å²) in [6.45, 7) is 9.97. The molecule has 11 heteroatoms. The number of carbonyl (C=O) groups is 5. The minimum Gasteiger partial charge on any atom is -0.480 e. The van der Waals surface area contributed by atoms with Crippen LogP contribution >= 0.6 is 0 Å². The molecule has 0 aromatic heterocycles. The number of amides is 3. The third-order valence-electron chi connectivity index (χ3n) is 5.40. The smallest absolute Gasteiger partial charge is 0.408 e. The average Bonchev–Trinajstić information content (AvgIpc) is 2.82. The van der Waals surface area contributed by atoms with Crippen molar-refractivity contribution in [3.63, 3.8) is 0 Å². The number of rotatable bonds is 13. The molecule has 0 aliphatic heterocycles. The first-order chi connectivity index (χ1) is 17.2. The molecule has 0 saturated carbocycles. The van der Waals surface area contributed by atoms with Crippen molar-refractivity contribution in [3.05, 3.63) is 35.9 Å². The lowest BCUT2D eigenvalue weighted by Gasteiger charge is -2.27. The van der Waals surface area contributed by atoms with Crippen LogP contribution in [0.3, 0.4) is 0 Å². The Balaban J connectivity index is 2.94. The molecule has 11 nitrogen and oxygen atoms in total. The minimum absolute atomic E-state index is 0.00944. The van der Waals surface area contributed by atoms with E-state index in [-0.39, 0.29) is 25.4 Å². The first kappa shape index (κ1) is 31.4. The Morgan fingerprint density at radius 3 is 2.11 bits per heavy atom. The Kier molecular flexibility index (Phi) is 12.6. The molecule has 0 radical (unpaired) electrons. The van der Waals surface area contributed by atoms with Crippen LogP contribution in [0.25, 0.3) is 0 Å². The third kappa shape index (κ3) is 12.2. The van der Waals surface area contributed by atoms with Crippen molar-refractivity contribution < 1.29 is 38.6 Å². The zero-order valence-electron chi connectivity index (χ0n) is 22.3. The highest BCUT2D eigenvalue weighted by molar-refractivity contribution is 5.93. The molecule has 0 aliphatic rings. The summed E-state index contributed by atoms with van der Waals surface area (Å²) in [4.78, 5) is 61.7. The number of hydrogen-bond acceptors (Lipinski definition) is 7. The van der Waals surface area contributed by atoms with Crippen LogP contribution < -0.4 is 16.0 Å².